The number of carbonyl (C=O) groups excluding carboxylic acids is 1. The molecule has 1 heterocycles. The summed E-state index contributed by atoms with van der Waals surface area (Å²) in [7, 11) is 0. The molecule has 6 heteroatoms. The lowest BCUT2D eigenvalue weighted by Crippen LogP contribution is -2.47. The highest BCUT2D eigenvalue weighted by molar-refractivity contribution is 14.0. The maximum Gasteiger partial charge on any atom is 0.217 e. The first-order valence-corrected chi connectivity index (χ1v) is 9.40. The molecule has 2 aliphatic rings. The molecule has 1 amide bonds. The maximum absolute atomic E-state index is 11.2. The molecular weight excluding hydrogens is 415 g/mol. The van der Waals surface area contributed by atoms with Crippen LogP contribution in [-0.2, 0) is 4.79 Å². The zero-order valence-electron chi connectivity index (χ0n) is 15.3. The van der Waals surface area contributed by atoms with Crippen molar-refractivity contribution in [3.8, 4) is 0 Å². The second-order valence-corrected chi connectivity index (χ2v) is 7.45. The maximum atomic E-state index is 11.2. The number of nitrogens with two attached hydrogens (primary N) is 1. The Morgan fingerprint density at radius 1 is 1.21 bits per heavy atom. The van der Waals surface area contributed by atoms with Crippen LogP contribution in [0.4, 0.5) is 0 Å². The molecule has 0 spiro atoms. The van der Waals surface area contributed by atoms with Crippen LogP contribution in [0.1, 0.15) is 58.8 Å². The average molecular weight is 450 g/mol. The van der Waals surface area contributed by atoms with Gasteiger partial charge >= 0.3 is 0 Å². The smallest absolute Gasteiger partial charge is 0.217 e. The number of guanidine groups is 1. The van der Waals surface area contributed by atoms with Gasteiger partial charge < -0.3 is 16.0 Å². The topological polar surface area (TPSA) is 70.7 Å². The number of primary amides is 1. The standard InChI is InChI=1S/C18H34N4O.HI/c1-3-20-18(21-12-15-8-6-14(2)7-9-15)22-10-4-5-16(13-22)11-17(19)23;/h14-16H,3-13H2,1-2H3,(H2,19,23)(H,20,21);1H. The van der Waals surface area contributed by atoms with Gasteiger partial charge in [-0.2, -0.15) is 0 Å². The number of aliphatic imine (C=N–C) groups is 1. The van der Waals surface area contributed by atoms with Crippen molar-refractivity contribution in [1.29, 1.82) is 0 Å². The Bertz CT molecular complexity index is 408. The molecule has 140 valence electrons. The predicted molar refractivity (Wildman–Crippen MR) is 111 cm³/mol. The molecule has 1 aliphatic heterocycles. The molecular formula is C18H35IN4O. The van der Waals surface area contributed by atoms with Crippen LogP contribution >= 0.6 is 24.0 Å². The molecule has 5 nitrogen and oxygen atoms in total. The molecule has 2 fully saturated rings. The van der Waals surface area contributed by atoms with Gasteiger partial charge in [-0.25, -0.2) is 0 Å². The van der Waals surface area contributed by atoms with Crippen molar-refractivity contribution >= 4 is 35.8 Å². The highest BCUT2D eigenvalue weighted by Crippen LogP contribution is 2.28. The number of hydrogen-bond donors (Lipinski definition) is 2. The highest BCUT2D eigenvalue weighted by atomic mass is 127. The molecule has 3 N–H and O–H groups in total. The third-order valence-electron chi connectivity index (χ3n) is 5.28. The van der Waals surface area contributed by atoms with Crippen molar-refractivity contribution in [3.63, 3.8) is 0 Å². The van der Waals surface area contributed by atoms with Crippen LogP contribution in [0.5, 0.6) is 0 Å². The molecule has 0 radical (unpaired) electrons. The van der Waals surface area contributed by atoms with Crippen molar-refractivity contribution in [3.05, 3.63) is 0 Å². The van der Waals surface area contributed by atoms with E-state index in [1.807, 2.05) is 0 Å². The van der Waals surface area contributed by atoms with Crippen LogP contribution in [0.15, 0.2) is 4.99 Å². The Hall–Kier alpha value is -0.530. The van der Waals surface area contributed by atoms with Gasteiger partial charge in [0.15, 0.2) is 5.96 Å². The molecule has 1 saturated carbocycles. The molecule has 0 aromatic carbocycles. The minimum Gasteiger partial charge on any atom is -0.370 e. The quantitative estimate of drug-likeness (QED) is 0.385. The fourth-order valence-electron chi connectivity index (χ4n) is 3.86. The van der Waals surface area contributed by atoms with Crippen molar-refractivity contribution in [2.24, 2.45) is 28.5 Å². The van der Waals surface area contributed by atoms with E-state index < -0.39 is 0 Å². The van der Waals surface area contributed by atoms with Crippen LogP contribution in [-0.4, -0.2) is 42.9 Å². The van der Waals surface area contributed by atoms with Gasteiger partial charge in [0.1, 0.15) is 0 Å². The van der Waals surface area contributed by atoms with Gasteiger partial charge in [0.25, 0.3) is 0 Å². The fourth-order valence-corrected chi connectivity index (χ4v) is 3.86. The zero-order valence-corrected chi connectivity index (χ0v) is 17.6. The summed E-state index contributed by atoms with van der Waals surface area (Å²) < 4.78 is 0. The molecule has 24 heavy (non-hydrogen) atoms. The summed E-state index contributed by atoms with van der Waals surface area (Å²) in [5.74, 6) is 2.85. The lowest BCUT2D eigenvalue weighted by molar-refractivity contribution is -0.119. The van der Waals surface area contributed by atoms with Crippen molar-refractivity contribution in [1.82, 2.24) is 10.2 Å². The summed E-state index contributed by atoms with van der Waals surface area (Å²) in [5, 5.41) is 3.43. The first-order valence-electron chi connectivity index (χ1n) is 9.40. The van der Waals surface area contributed by atoms with Crippen LogP contribution in [0.3, 0.4) is 0 Å². The van der Waals surface area contributed by atoms with Gasteiger partial charge in [0, 0.05) is 32.6 Å². The Morgan fingerprint density at radius 3 is 2.54 bits per heavy atom. The molecule has 1 aliphatic carbocycles. The van der Waals surface area contributed by atoms with E-state index in [9.17, 15) is 4.79 Å². The summed E-state index contributed by atoms with van der Waals surface area (Å²) in [6.07, 6.45) is 8.03. The van der Waals surface area contributed by atoms with Gasteiger partial charge in [-0.15, -0.1) is 24.0 Å². The SMILES string of the molecule is CCNC(=NCC1CCC(C)CC1)N1CCCC(CC(N)=O)C1.I. The Balaban J connectivity index is 0.00000288. The van der Waals surface area contributed by atoms with Crippen molar-refractivity contribution in [2.45, 2.75) is 58.8 Å². The highest BCUT2D eigenvalue weighted by Gasteiger charge is 2.24. The second-order valence-electron chi connectivity index (χ2n) is 7.45. The summed E-state index contributed by atoms with van der Waals surface area (Å²) in [4.78, 5) is 18.4. The summed E-state index contributed by atoms with van der Waals surface area (Å²) in [5.41, 5.74) is 5.37. The molecule has 0 aromatic rings. The number of hydrogen-bond acceptors (Lipinski definition) is 2. The van der Waals surface area contributed by atoms with E-state index in [1.54, 1.807) is 0 Å². The molecule has 0 aromatic heterocycles. The van der Waals surface area contributed by atoms with E-state index in [-0.39, 0.29) is 29.9 Å². The van der Waals surface area contributed by atoms with E-state index in [2.05, 4.69) is 24.1 Å². The minimum absolute atomic E-state index is 0. The lowest BCUT2D eigenvalue weighted by atomic mass is 9.83. The second kappa shape index (κ2) is 11.2. The number of rotatable bonds is 5. The molecule has 0 bridgehead atoms. The van der Waals surface area contributed by atoms with Crippen LogP contribution < -0.4 is 11.1 Å². The number of nitrogens with zero attached hydrogens (tertiary/aromatic N) is 2. The van der Waals surface area contributed by atoms with E-state index in [1.165, 1.54) is 25.7 Å². The van der Waals surface area contributed by atoms with Crippen LogP contribution in [0, 0.1) is 17.8 Å². The normalized spacial score (nSPS) is 28.2. The molecule has 1 atom stereocenters. The first-order chi connectivity index (χ1) is 11.1. The molecule has 1 unspecified atom stereocenters. The van der Waals surface area contributed by atoms with E-state index in [0.29, 0.717) is 12.3 Å². The molecule has 2 rings (SSSR count). The number of carbonyl (C=O) groups is 1. The Labute approximate surface area is 164 Å². The van der Waals surface area contributed by atoms with Gasteiger partial charge in [0.05, 0.1) is 0 Å². The largest absolute Gasteiger partial charge is 0.370 e. The molecule has 1 saturated heterocycles. The number of amides is 1. The monoisotopic (exact) mass is 450 g/mol. The van der Waals surface area contributed by atoms with E-state index in [4.69, 9.17) is 10.7 Å². The van der Waals surface area contributed by atoms with Crippen molar-refractivity contribution < 1.29 is 4.79 Å². The lowest BCUT2D eigenvalue weighted by Gasteiger charge is -2.35. The minimum atomic E-state index is -0.185. The first kappa shape index (κ1) is 21.5. The zero-order chi connectivity index (χ0) is 16.7. The number of halogens is 1. The Morgan fingerprint density at radius 2 is 1.92 bits per heavy atom. The van der Waals surface area contributed by atoms with Gasteiger partial charge in [-0.3, -0.25) is 9.79 Å². The number of likely N-dealkylation sites (tertiary alicyclic amines) is 1. The van der Waals surface area contributed by atoms with E-state index in [0.717, 1.165) is 56.8 Å². The van der Waals surface area contributed by atoms with Gasteiger partial charge in [-0.05, 0) is 50.4 Å². The van der Waals surface area contributed by atoms with Crippen molar-refractivity contribution in [2.75, 3.05) is 26.2 Å². The number of nitrogens with one attached hydrogen (secondary N) is 1. The van der Waals surface area contributed by atoms with Gasteiger partial charge in [-0.1, -0.05) is 19.8 Å². The van der Waals surface area contributed by atoms with Crippen LogP contribution in [0.2, 0.25) is 0 Å². The predicted octanol–water partition coefficient (Wildman–Crippen LogP) is 2.98. The van der Waals surface area contributed by atoms with Gasteiger partial charge in [0.2, 0.25) is 5.91 Å². The van der Waals surface area contributed by atoms with E-state index >= 15 is 0 Å². The summed E-state index contributed by atoms with van der Waals surface area (Å²) in [6.45, 7) is 8.22. The summed E-state index contributed by atoms with van der Waals surface area (Å²) >= 11 is 0. The average Bonchev–Trinajstić information content (AvgIpc) is 2.52. The third-order valence-corrected chi connectivity index (χ3v) is 5.28. The summed E-state index contributed by atoms with van der Waals surface area (Å²) in [6, 6.07) is 0. The van der Waals surface area contributed by atoms with Crippen LogP contribution in [0.25, 0.3) is 0 Å². The Kier molecular flexibility index (Phi) is 10.0. The number of piperidine rings is 1. The third kappa shape index (κ3) is 7.15. The fraction of sp³-hybridized carbons (Fsp3) is 0.889.